The Labute approximate surface area is 81.3 Å². The zero-order chi connectivity index (χ0) is 9.84. The lowest BCUT2D eigenvalue weighted by atomic mass is 9.99. The lowest BCUT2D eigenvalue weighted by Gasteiger charge is -2.10. The van der Waals surface area contributed by atoms with Crippen LogP contribution < -0.4 is 0 Å². The van der Waals surface area contributed by atoms with Crippen molar-refractivity contribution < 1.29 is 8.76 Å². The molecular formula is C10H13O2S-. The first-order chi connectivity index (χ1) is 6.15. The molecule has 1 aromatic rings. The van der Waals surface area contributed by atoms with Crippen molar-refractivity contribution in [2.45, 2.75) is 31.1 Å². The van der Waals surface area contributed by atoms with E-state index in [9.17, 15) is 8.76 Å². The number of rotatable bonds is 3. The molecule has 2 unspecified atom stereocenters. The molecule has 0 amide bonds. The number of benzene rings is 1. The Kier molecular flexibility index (Phi) is 3.63. The largest absolute Gasteiger partial charge is 0.768 e. The minimum Gasteiger partial charge on any atom is -0.768 e. The van der Waals surface area contributed by atoms with Gasteiger partial charge in [-0.25, -0.2) is 0 Å². The molecule has 2 atom stereocenters. The Morgan fingerprint density at radius 1 is 1.38 bits per heavy atom. The predicted octanol–water partition coefficient (Wildman–Crippen LogP) is 2.44. The van der Waals surface area contributed by atoms with Crippen molar-refractivity contribution in [2.24, 2.45) is 0 Å². The molecule has 0 aliphatic rings. The maximum absolute atomic E-state index is 10.6. The molecule has 0 spiro atoms. The van der Waals surface area contributed by atoms with Crippen molar-refractivity contribution in [3.05, 3.63) is 29.8 Å². The Balaban J connectivity index is 2.87. The fourth-order valence-electron chi connectivity index (χ4n) is 1.14. The van der Waals surface area contributed by atoms with Gasteiger partial charge in [-0.3, -0.25) is 4.21 Å². The number of hydrogen-bond donors (Lipinski definition) is 0. The molecule has 1 rings (SSSR count). The highest BCUT2D eigenvalue weighted by atomic mass is 32.2. The van der Waals surface area contributed by atoms with E-state index in [2.05, 4.69) is 13.8 Å². The third kappa shape index (κ3) is 2.64. The first-order valence-corrected chi connectivity index (χ1v) is 5.42. The minimum atomic E-state index is -2.10. The van der Waals surface area contributed by atoms with E-state index in [4.69, 9.17) is 0 Å². The summed E-state index contributed by atoms with van der Waals surface area (Å²) in [5.74, 6) is 0.495. The Hall–Kier alpha value is -0.670. The summed E-state index contributed by atoms with van der Waals surface area (Å²) in [5.41, 5.74) is 1.19. The molecule has 0 N–H and O–H groups in total. The Morgan fingerprint density at radius 3 is 2.31 bits per heavy atom. The fraction of sp³-hybridized carbons (Fsp3) is 0.400. The van der Waals surface area contributed by atoms with Crippen LogP contribution in [0.2, 0.25) is 0 Å². The molecule has 0 saturated carbocycles. The molecule has 13 heavy (non-hydrogen) atoms. The van der Waals surface area contributed by atoms with Gasteiger partial charge in [-0.1, -0.05) is 26.0 Å². The van der Waals surface area contributed by atoms with Gasteiger partial charge in [-0.15, -0.1) is 0 Å². The highest BCUT2D eigenvalue weighted by Gasteiger charge is 2.01. The van der Waals surface area contributed by atoms with E-state index in [0.717, 1.165) is 6.42 Å². The van der Waals surface area contributed by atoms with Crippen molar-refractivity contribution >= 4 is 11.1 Å². The lowest BCUT2D eigenvalue weighted by Crippen LogP contribution is -1.93. The highest BCUT2D eigenvalue weighted by Crippen LogP contribution is 2.19. The van der Waals surface area contributed by atoms with E-state index in [0.29, 0.717) is 10.8 Å². The third-order valence-corrected chi connectivity index (χ3v) is 2.91. The zero-order valence-electron chi connectivity index (χ0n) is 7.82. The van der Waals surface area contributed by atoms with Crippen LogP contribution in [-0.2, 0) is 11.1 Å². The fourth-order valence-corrected chi connectivity index (χ4v) is 1.50. The van der Waals surface area contributed by atoms with Crippen LogP contribution in [0.4, 0.5) is 0 Å². The van der Waals surface area contributed by atoms with Crippen LogP contribution in [0.3, 0.4) is 0 Å². The molecule has 0 heterocycles. The molecule has 0 aliphatic heterocycles. The molecule has 0 aliphatic carbocycles. The summed E-state index contributed by atoms with van der Waals surface area (Å²) in [6.45, 7) is 4.24. The molecule has 0 radical (unpaired) electrons. The van der Waals surface area contributed by atoms with Crippen molar-refractivity contribution in [2.75, 3.05) is 0 Å². The molecular weight excluding hydrogens is 184 g/mol. The topological polar surface area (TPSA) is 40.1 Å². The van der Waals surface area contributed by atoms with Crippen LogP contribution >= 0.6 is 0 Å². The van der Waals surface area contributed by atoms with Crippen molar-refractivity contribution in [3.8, 4) is 0 Å². The molecule has 3 heteroatoms. The van der Waals surface area contributed by atoms with Gasteiger partial charge in [0.25, 0.3) is 0 Å². The highest BCUT2D eigenvalue weighted by molar-refractivity contribution is 7.79. The van der Waals surface area contributed by atoms with Gasteiger partial charge in [-0.2, -0.15) is 0 Å². The average molecular weight is 197 g/mol. The van der Waals surface area contributed by atoms with Crippen LogP contribution in [0.5, 0.6) is 0 Å². The number of hydrogen-bond acceptors (Lipinski definition) is 2. The van der Waals surface area contributed by atoms with Gasteiger partial charge in [0.15, 0.2) is 0 Å². The van der Waals surface area contributed by atoms with Crippen LogP contribution in [0, 0.1) is 0 Å². The second kappa shape index (κ2) is 4.53. The molecule has 0 bridgehead atoms. The van der Waals surface area contributed by atoms with Gasteiger partial charge in [0.05, 0.1) is 0 Å². The Morgan fingerprint density at radius 2 is 1.92 bits per heavy atom. The van der Waals surface area contributed by atoms with E-state index in [1.165, 1.54) is 5.56 Å². The van der Waals surface area contributed by atoms with Gasteiger partial charge < -0.3 is 4.55 Å². The summed E-state index contributed by atoms with van der Waals surface area (Å²) in [5, 5.41) is 0. The Bertz CT molecular complexity index is 292. The van der Waals surface area contributed by atoms with Crippen molar-refractivity contribution in [1.29, 1.82) is 0 Å². The van der Waals surface area contributed by atoms with E-state index < -0.39 is 11.1 Å². The summed E-state index contributed by atoms with van der Waals surface area (Å²) in [6.07, 6.45) is 1.07. The normalized spacial score (nSPS) is 15.3. The third-order valence-electron chi connectivity index (χ3n) is 2.25. The van der Waals surface area contributed by atoms with E-state index in [1.54, 1.807) is 12.1 Å². The summed E-state index contributed by atoms with van der Waals surface area (Å²) in [4.78, 5) is 0.354. The zero-order valence-corrected chi connectivity index (χ0v) is 8.64. The predicted molar refractivity (Wildman–Crippen MR) is 52.3 cm³/mol. The van der Waals surface area contributed by atoms with Crippen molar-refractivity contribution in [3.63, 3.8) is 0 Å². The SMILES string of the molecule is CCC(C)c1ccc(S(=O)[O-])cc1. The average Bonchev–Trinajstić information content (AvgIpc) is 2.17. The van der Waals surface area contributed by atoms with Crippen LogP contribution in [0.25, 0.3) is 0 Å². The maximum atomic E-state index is 10.6. The summed E-state index contributed by atoms with van der Waals surface area (Å²) in [6, 6.07) is 7.04. The summed E-state index contributed by atoms with van der Waals surface area (Å²) < 4.78 is 21.1. The van der Waals surface area contributed by atoms with Gasteiger partial charge in [-0.05, 0) is 41.1 Å². The molecule has 1 aromatic carbocycles. The van der Waals surface area contributed by atoms with Gasteiger partial charge >= 0.3 is 0 Å². The van der Waals surface area contributed by atoms with Crippen LogP contribution in [0.15, 0.2) is 29.2 Å². The van der Waals surface area contributed by atoms with Crippen LogP contribution in [0.1, 0.15) is 31.7 Å². The van der Waals surface area contributed by atoms with Crippen molar-refractivity contribution in [1.82, 2.24) is 0 Å². The quantitative estimate of drug-likeness (QED) is 0.698. The van der Waals surface area contributed by atoms with Gasteiger partial charge in [0.1, 0.15) is 0 Å². The first kappa shape index (κ1) is 10.4. The minimum absolute atomic E-state index is 0.354. The van der Waals surface area contributed by atoms with E-state index in [-0.39, 0.29) is 0 Å². The monoisotopic (exact) mass is 197 g/mol. The first-order valence-electron chi connectivity index (χ1n) is 4.34. The van der Waals surface area contributed by atoms with Crippen LogP contribution in [-0.4, -0.2) is 8.76 Å². The molecule has 2 nitrogen and oxygen atoms in total. The molecule has 72 valence electrons. The molecule has 0 saturated heterocycles. The van der Waals surface area contributed by atoms with Gasteiger partial charge in [0.2, 0.25) is 0 Å². The summed E-state index contributed by atoms with van der Waals surface area (Å²) in [7, 11) is 0. The smallest absolute Gasteiger partial charge is 0.0248 e. The van der Waals surface area contributed by atoms with E-state index in [1.807, 2.05) is 12.1 Å². The molecule has 0 aromatic heterocycles. The summed E-state index contributed by atoms with van der Waals surface area (Å²) >= 11 is -2.10. The second-order valence-corrected chi connectivity index (χ2v) is 4.05. The lowest BCUT2D eigenvalue weighted by molar-refractivity contribution is 0.537. The second-order valence-electron chi connectivity index (χ2n) is 3.11. The standard InChI is InChI=1S/C10H14O2S/c1-3-8(2)9-4-6-10(7-5-9)13(11)12/h4-8H,3H2,1-2H3,(H,11,12)/p-1. The van der Waals surface area contributed by atoms with Gasteiger partial charge in [0, 0.05) is 4.90 Å². The molecule has 0 fully saturated rings. The van der Waals surface area contributed by atoms with E-state index >= 15 is 0 Å². The maximum Gasteiger partial charge on any atom is 0.0248 e.